The molecule has 1 aliphatic heterocycles. The second kappa shape index (κ2) is 8.16. The number of furan rings is 1. The van der Waals surface area contributed by atoms with Gasteiger partial charge in [0, 0.05) is 10.6 Å². The van der Waals surface area contributed by atoms with E-state index in [9.17, 15) is 19.2 Å². The van der Waals surface area contributed by atoms with E-state index in [1.165, 1.54) is 24.3 Å². The molecule has 2 heterocycles. The smallest absolute Gasteiger partial charge is 0.335 e. The van der Waals surface area contributed by atoms with Gasteiger partial charge < -0.3 is 9.52 Å². The summed E-state index contributed by atoms with van der Waals surface area (Å²) in [4.78, 5) is 49.8. The Labute approximate surface area is 186 Å². The molecule has 9 heteroatoms. The highest BCUT2D eigenvalue weighted by Crippen LogP contribution is 2.30. The lowest BCUT2D eigenvalue weighted by molar-refractivity contribution is -0.122. The highest BCUT2D eigenvalue weighted by Gasteiger charge is 2.37. The van der Waals surface area contributed by atoms with Gasteiger partial charge in [0.2, 0.25) is 0 Å². The van der Waals surface area contributed by atoms with Crippen molar-refractivity contribution in [2.45, 2.75) is 6.92 Å². The molecule has 4 amide bonds. The van der Waals surface area contributed by atoms with Gasteiger partial charge in [0.25, 0.3) is 11.8 Å². The molecular weight excluding hydrogens is 436 g/mol. The molecule has 0 radical (unpaired) electrons. The van der Waals surface area contributed by atoms with E-state index < -0.39 is 23.8 Å². The molecule has 2 aromatic carbocycles. The Morgan fingerprint density at radius 1 is 1.09 bits per heavy atom. The number of hydrogen-bond acceptors (Lipinski definition) is 5. The molecule has 0 unspecified atom stereocenters. The van der Waals surface area contributed by atoms with Gasteiger partial charge in [-0.1, -0.05) is 29.8 Å². The number of amides is 4. The molecule has 2 N–H and O–H groups in total. The van der Waals surface area contributed by atoms with Crippen molar-refractivity contribution < 1.29 is 28.7 Å². The van der Waals surface area contributed by atoms with E-state index in [2.05, 4.69) is 5.32 Å². The Hall–Kier alpha value is -4.17. The third-order valence-corrected chi connectivity index (χ3v) is 5.30. The van der Waals surface area contributed by atoms with E-state index in [1.807, 2.05) is 0 Å². The number of imide groups is 2. The maximum atomic E-state index is 13.0. The summed E-state index contributed by atoms with van der Waals surface area (Å²) in [5.41, 5.74) is 1.06. The van der Waals surface area contributed by atoms with Crippen molar-refractivity contribution in [2.24, 2.45) is 0 Å². The van der Waals surface area contributed by atoms with Crippen molar-refractivity contribution in [3.05, 3.63) is 82.1 Å². The maximum absolute atomic E-state index is 13.0. The maximum Gasteiger partial charge on any atom is 0.335 e. The van der Waals surface area contributed by atoms with Gasteiger partial charge in [-0.3, -0.25) is 14.9 Å². The quantitative estimate of drug-likeness (QED) is 0.452. The topological polar surface area (TPSA) is 117 Å². The molecule has 1 saturated heterocycles. The van der Waals surface area contributed by atoms with Gasteiger partial charge in [0.15, 0.2) is 0 Å². The van der Waals surface area contributed by atoms with Gasteiger partial charge in [-0.25, -0.2) is 14.5 Å². The Kier molecular flexibility index (Phi) is 5.38. The number of carbonyl (C=O) groups is 4. The second-order valence-corrected chi connectivity index (χ2v) is 7.34. The number of rotatable bonds is 4. The average Bonchev–Trinajstić information content (AvgIpc) is 3.23. The van der Waals surface area contributed by atoms with Gasteiger partial charge >= 0.3 is 12.0 Å². The van der Waals surface area contributed by atoms with Crippen molar-refractivity contribution in [3.63, 3.8) is 0 Å². The van der Waals surface area contributed by atoms with Crippen molar-refractivity contribution in [2.75, 3.05) is 4.90 Å². The summed E-state index contributed by atoms with van der Waals surface area (Å²) in [6.45, 7) is 1.65. The number of nitrogens with one attached hydrogen (secondary N) is 1. The van der Waals surface area contributed by atoms with Gasteiger partial charge in [-0.05, 0) is 55.0 Å². The fourth-order valence-corrected chi connectivity index (χ4v) is 3.42. The van der Waals surface area contributed by atoms with Gasteiger partial charge in [0.1, 0.15) is 17.1 Å². The first kappa shape index (κ1) is 21.1. The van der Waals surface area contributed by atoms with Crippen LogP contribution >= 0.6 is 11.6 Å². The molecule has 3 aromatic rings. The lowest BCUT2D eigenvalue weighted by Crippen LogP contribution is -2.54. The molecule has 0 atom stereocenters. The predicted octanol–water partition coefficient (Wildman–Crippen LogP) is 4.27. The number of carbonyl (C=O) groups excluding carboxylic acids is 3. The normalized spacial score (nSPS) is 15.2. The minimum atomic E-state index is -1.08. The third-order valence-electron chi connectivity index (χ3n) is 4.89. The lowest BCUT2D eigenvalue weighted by Gasteiger charge is -2.27. The molecule has 1 aromatic heterocycles. The molecule has 0 spiro atoms. The summed E-state index contributed by atoms with van der Waals surface area (Å²) in [5.74, 6) is -2.23. The number of hydrogen-bond donors (Lipinski definition) is 2. The Bertz CT molecular complexity index is 1320. The van der Waals surface area contributed by atoms with E-state index in [0.29, 0.717) is 21.9 Å². The first-order valence-corrected chi connectivity index (χ1v) is 9.74. The Morgan fingerprint density at radius 3 is 2.59 bits per heavy atom. The van der Waals surface area contributed by atoms with Crippen LogP contribution in [0, 0.1) is 6.92 Å². The fourth-order valence-electron chi connectivity index (χ4n) is 3.25. The standard InChI is InChI=1S/C23H15ClN2O6/c1-12-17(24)6-3-7-18(12)26-21(28)16(20(27)25-23(26)31)11-15-8-9-19(32-15)13-4-2-5-14(10-13)22(29)30/h2-11H,1H3,(H,29,30)(H,25,27,31)/b16-11-. The molecule has 4 rings (SSSR count). The lowest BCUT2D eigenvalue weighted by atomic mass is 10.1. The minimum absolute atomic E-state index is 0.0895. The first-order valence-electron chi connectivity index (χ1n) is 9.36. The van der Waals surface area contributed by atoms with Gasteiger partial charge in [-0.15, -0.1) is 0 Å². The van der Waals surface area contributed by atoms with Crippen LogP contribution in [0.15, 0.2) is 64.6 Å². The van der Waals surface area contributed by atoms with Crippen LogP contribution in [-0.2, 0) is 9.59 Å². The predicted molar refractivity (Wildman–Crippen MR) is 116 cm³/mol. The number of carboxylic acids is 1. The molecule has 32 heavy (non-hydrogen) atoms. The number of benzene rings is 2. The largest absolute Gasteiger partial charge is 0.478 e. The molecule has 1 aliphatic rings. The number of halogens is 1. The van der Waals surface area contributed by atoms with Crippen molar-refractivity contribution in [3.8, 4) is 11.3 Å². The number of barbiturate groups is 1. The third kappa shape index (κ3) is 3.79. The first-order chi connectivity index (χ1) is 15.3. The van der Waals surface area contributed by atoms with Crippen LogP contribution < -0.4 is 10.2 Å². The molecular formula is C23H15ClN2O6. The van der Waals surface area contributed by atoms with Crippen LogP contribution in [-0.4, -0.2) is 28.9 Å². The zero-order chi connectivity index (χ0) is 23.0. The fraction of sp³-hybridized carbons (Fsp3) is 0.0435. The summed E-state index contributed by atoms with van der Waals surface area (Å²) in [6.07, 6.45) is 1.22. The highest BCUT2D eigenvalue weighted by atomic mass is 35.5. The van der Waals surface area contributed by atoms with Crippen molar-refractivity contribution in [1.29, 1.82) is 0 Å². The molecule has 8 nitrogen and oxygen atoms in total. The SMILES string of the molecule is Cc1c(Cl)cccc1N1C(=O)NC(=O)/C(=C/c2ccc(-c3cccc(C(=O)O)c3)o2)C1=O. The zero-order valence-electron chi connectivity index (χ0n) is 16.6. The van der Waals surface area contributed by atoms with Gasteiger partial charge in [0.05, 0.1) is 11.3 Å². The van der Waals surface area contributed by atoms with Gasteiger partial charge in [-0.2, -0.15) is 0 Å². The number of aromatic carboxylic acids is 1. The summed E-state index contributed by atoms with van der Waals surface area (Å²) >= 11 is 6.11. The van der Waals surface area contributed by atoms with E-state index in [0.717, 1.165) is 4.90 Å². The Balaban J connectivity index is 1.69. The Morgan fingerprint density at radius 2 is 1.84 bits per heavy atom. The molecule has 1 fully saturated rings. The van der Waals surface area contributed by atoms with Crippen molar-refractivity contribution in [1.82, 2.24) is 5.32 Å². The summed E-state index contributed by atoms with van der Waals surface area (Å²) < 4.78 is 5.69. The average molecular weight is 451 g/mol. The summed E-state index contributed by atoms with van der Waals surface area (Å²) in [6, 6.07) is 13.1. The van der Waals surface area contributed by atoms with E-state index in [1.54, 1.807) is 43.3 Å². The van der Waals surface area contributed by atoms with Crippen LogP contribution in [0.4, 0.5) is 10.5 Å². The summed E-state index contributed by atoms with van der Waals surface area (Å²) in [5, 5.41) is 11.7. The number of carboxylic acid groups (broad SMARTS) is 1. The zero-order valence-corrected chi connectivity index (χ0v) is 17.3. The van der Waals surface area contributed by atoms with Crippen molar-refractivity contribution >= 4 is 47.2 Å². The second-order valence-electron chi connectivity index (χ2n) is 6.93. The minimum Gasteiger partial charge on any atom is -0.478 e. The number of anilines is 1. The van der Waals surface area contributed by atoms with E-state index in [4.69, 9.17) is 21.1 Å². The molecule has 0 saturated carbocycles. The van der Waals surface area contributed by atoms with Crippen LogP contribution in [0.5, 0.6) is 0 Å². The van der Waals surface area contributed by atoms with Crippen LogP contribution in [0.2, 0.25) is 5.02 Å². The van der Waals surface area contributed by atoms with Crippen LogP contribution in [0.1, 0.15) is 21.7 Å². The highest BCUT2D eigenvalue weighted by molar-refractivity contribution is 6.39. The van der Waals surface area contributed by atoms with E-state index in [-0.39, 0.29) is 22.6 Å². The summed E-state index contributed by atoms with van der Waals surface area (Å²) in [7, 11) is 0. The monoisotopic (exact) mass is 450 g/mol. The van der Waals surface area contributed by atoms with E-state index >= 15 is 0 Å². The number of urea groups is 1. The molecule has 160 valence electrons. The van der Waals surface area contributed by atoms with Crippen LogP contribution in [0.25, 0.3) is 17.4 Å². The number of nitrogens with zero attached hydrogens (tertiary/aromatic N) is 1. The molecule has 0 aliphatic carbocycles. The molecule has 0 bridgehead atoms. The van der Waals surface area contributed by atoms with Crippen LogP contribution in [0.3, 0.4) is 0 Å².